The molecular weight excluding hydrogens is 368 g/mol. The maximum atomic E-state index is 12.3. The molecule has 134 valence electrons. The molecule has 5 nitrogen and oxygen atoms in total. The fourth-order valence-electron chi connectivity index (χ4n) is 2.52. The molecule has 0 spiro atoms. The van der Waals surface area contributed by atoms with Crippen molar-refractivity contribution in [1.29, 1.82) is 0 Å². The lowest BCUT2D eigenvalue weighted by Crippen LogP contribution is -2.28. The van der Waals surface area contributed by atoms with Crippen LogP contribution in [0.1, 0.15) is 34.7 Å². The first-order chi connectivity index (χ1) is 12.6. The number of halogens is 1. The lowest BCUT2D eigenvalue weighted by Gasteiger charge is -2.13. The Kier molecular flexibility index (Phi) is 5.96. The summed E-state index contributed by atoms with van der Waals surface area (Å²) in [5.41, 5.74) is 1.67. The van der Waals surface area contributed by atoms with E-state index in [1.165, 1.54) is 0 Å². The van der Waals surface area contributed by atoms with Gasteiger partial charge in [-0.3, -0.25) is 4.79 Å². The molecule has 26 heavy (non-hydrogen) atoms. The maximum Gasteiger partial charge on any atom is 0.251 e. The predicted molar refractivity (Wildman–Crippen MR) is 104 cm³/mol. The lowest BCUT2D eigenvalue weighted by atomic mass is 10.2. The zero-order valence-electron chi connectivity index (χ0n) is 14.5. The average Bonchev–Trinajstić information content (AvgIpc) is 3.02. The number of benzene rings is 2. The van der Waals surface area contributed by atoms with Gasteiger partial charge in [0.15, 0.2) is 11.0 Å². The molecule has 0 aliphatic heterocycles. The number of nitrogens with zero attached hydrogens (tertiary/aromatic N) is 3. The summed E-state index contributed by atoms with van der Waals surface area (Å²) in [5.74, 6) is 1.28. The van der Waals surface area contributed by atoms with Gasteiger partial charge in [0.05, 0.1) is 6.04 Å². The topological polar surface area (TPSA) is 59.8 Å². The van der Waals surface area contributed by atoms with Gasteiger partial charge in [0, 0.05) is 23.4 Å². The zero-order valence-corrected chi connectivity index (χ0v) is 16.1. The van der Waals surface area contributed by atoms with Gasteiger partial charge in [-0.15, -0.1) is 10.2 Å². The molecule has 1 heterocycles. The minimum absolute atomic E-state index is 0.133. The van der Waals surface area contributed by atoms with Crippen molar-refractivity contribution < 1.29 is 4.79 Å². The fourth-order valence-corrected chi connectivity index (χ4v) is 3.72. The Morgan fingerprint density at radius 2 is 1.85 bits per heavy atom. The number of carbonyl (C=O) groups is 1. The number of carbonyl (C=O) groups excluding carboxylic acids is 1. The van der Waals surface area contributed by atoms with Crippen LogP contribution in [0.3, 0.4) is 0 Å². The van der Waals surface area contributed by atoms with Gasteiger partial charge in [-0.2, -0.15) is 0 Å². The first kappa shape index (κ1) is 18.5. The Balaban J connectivity index is 1.66. The molecule has 2 aromatic carbocycles. The third-order valence-electron chi connectivity index (χ3n) is 3.95. The first-order valence-electron chi connectivity index (χ1n) is 8.17. The van der Waals surface area contributed by atoms with Crippen LogP contribution in [0.2, 0.25) is 5.02 Å². The van der Waals surface area contributed by atoms with Crippen molar-refractivity contribution in [2.75, 3.05) is 0 Å². The number of hydrogen-bond donors (Lipinski definition) is 1. The van der Waals surface area contributed by atoms with Crippen LogP contribution in [-0.2, 0) is 12.8 Å². The Morgan fingerprint density at radius 3 is 2.58 bits per heavy atom. The van der Waals surface area contributed by atoms with E-state index < -0.39 is 0 Å². The summed E-state index contributed by atoms with van der Waals surface area (Å²) < 4.78 is 1.90. The lowest BCUT2D eigenvalue weighted by molar-refractivity contribution is 0.0937. The Morgan fingerprint density at radius 1 is 1.15 bits per heavy atom. The van der Waals surface area contributed by atoms with Crippen LogP contribution >= 0.6 is 23.4 Å². The molecule has 3 rings (SSSR count). The van der Waals surface area contributed by atoms with E-state index in [1.807, 2.05) is 61.0 Å². The SMILES string of the molecule is C[C@@H](NC(=O)c1ccccc1)c1nnc(SCc2ccccc2Cl)n1C. The molecule has 1 N–H and O–H groups in total. The van der Waals surface area contributed by atoms with Crippen molar-refractivity contribution in [3.05, 3.63) is 76.6 Å². The van der Waals surface area contributed by atoms with Crippen LogP contribution in [0, 0.1) is 0 Å². The van der Waals surface area contributed by atoms with E-state index >= 15 is 0 Å². The predicted octanol–water partition coefficient (Wildman–Crippen LogP) is 4.25. The minimum Gasteiger partial charge on any atom is -0.342 e. The molecule has 0 saturated carbocycles. The Bertz CT molecular complexity index is 898. The second-order valence-electron chi connectivity index (χ2n) is 5.84. The van der Waals surface area contributed by atoms with Gasteiger partial charge in [0.1, 0.15) is 0 Å². The molecule has 0 fully saturated rings. The summed E-state index contributed by atoms with van der Waals surface area (Å²) in [6, 6.07) is 16.6. The zero-order chi connectivity index (χ0) is 18.5. The summed E-state index contributed by atoms with van der Waals surface area (Å²) in [5, 5.41) is 13.0. The van der Waals surface area contributed by atoms with E-state index in [2.05, 4.69) is 15.5 Å². The molecule has 1 atom stereocenters. The van der Waals surface area contributed by atoms with Crippen molar-refractivity contribution >= 4 is 29.3 Å². The normalized spacial score (nSPS) is 12.0. The van der Waals surface area contributed by atoms with Gasteiger partial charge >= 0.3 is 0 Å². The molecule has 7 heteroatoms. The molecule has 0 saturated heterocycles. The highest BCUT2D eigenvalue weighted by Gasteiger charge is 2.18. The van der Waals surface area contributed by atoms with Crippen molar-refractivity contribution in [3.8, 4) is 0 Å². The third-order valence-corrected chi connectivity index (χ3v) is 5.39. The molecule has 0 aliphatic rings. The quantitative estimate of drug-likeness (QED) is 0.643. The van der Waals surface area contributed by atoms with Gasteiger partial charge < -0.3 is 9.88 Å². The fraction of sp³-hybridized carbons (Fsp3) is 0.211. The molecule has 1 amide bonds. The number of thioether (sulfide) groups is 1. The monoisotopic (exact) mass is 386 g/mol. The van der Waals surface area contributed by atoms with Crippen LogP contribution < -0.4 is 5.32 Å². The van der Waals surface area contributed by atoms with Gasteiger partial charge in [-0.25, -0.2) is 0 Å². The highest BCUT2D eigenvalue weighted by Crippen LogP contribution is 2.26. The Hall–Kier alpha value is -2.31. The number of hydrogen-bond acceptors (Lipinski definition) is 4. The number of amides is 1. The van der Waals surface area contributed by atoms with Gasteiger partial charge in [0.25, 0.3) is 5.91 Å². The van der Waals surface area contributed by atoms with Crippen molar-refractivity contribution in [2.45, 2.75) is 23.9 Å². The summed E-state index contributed by atoms with van der Waals surface area (Å²) in [6.07, 6.45) is 0. The van der Waals surface area contributed by atoms with Crippen LogP contribution in [0.25, 0.3) is 0 Å². The standard InChI is InChI=1S/C19H19ClN4OS/c1-13(21-18(25)14-8-4-3-5-9-14)17-22-23-19(24(17)2)26-12-15-10-6-7-11-16(15)20/h3-11,13H,12H2,1-2H3,(H,21,25)/t13-/m1/s1. The molecule has 0 bridgehead atoms. The summed E-state index contributed by atoms with van der Waals surface area (Å²) >= 11 is 7.76. The van der Waals surface area contributed by atoms with Crippen molar-refractivity contribution in [3.63, 3.8) is 0 Å². The molecular formula is C19H19ClN4OS. The van der Waals surface area contributed by atoms with E-state index in [1.54, 1.807) is 23.9 Å². The van der Waals surface area contributed by atoms with E-state index in [4.69, 9.17) is 11.6 Å². The van der Waals surface area contributed by atoms with E-state index in [0.29, 0.717) is 17.1 Å². The van der Waals surface area contributed by atoms with Gasteiger partial charge in [0.2, 0.25) is 0 Å². The van der Waals surface area contributed by atoms with Gasteiger partial charge in [-0.1, -0.05) is 59.8 Å². The largest absolute Gasteiger partial charge is 0.342 e. The van der Waals surface area contributed by atoms with Crippen LogP contribution in [0.5, 0.6) is 0 Å². The minimum atomic E-state index is -0.255. The summed E-state index contributed by atoms with van der Waals surface area (Å²) in [6.45, 7) is 1.90. The first-order valence-corrected chi connectivity index (χ1v) is 9.54. The van der Waals surface area contributed by atoms with Crippen LogP contribution in [0.4, 0.5) is 0 Å². The Labute approximate surface area is 161 Å². The number of aromatic nitrogens is 3. The number of nitrogens with one attached hydrogen (secondary N) is 1. The van der Waals surface area contributed by atoms with Crippen LogP contribution in [0.15, 0.2) is 59.8 Å². The molecule has 0 radical (unpaired) electrons. The third kappa shape index (κ3) is 4.26. The smallest absolute Gasteiger partial charge is 0.251 e. The van der Waals surface area contributed by atoms with Crippen molar-refractivity contribution in [2.24, 2.45) is 7.05 Å². The second-order valence-corrected chi connectivity index (χ2v) is 7.19. The molecule has 1 aromatic heterocycles. The van der Waals surface area contributed by atoms with E-state index in [9.17, 15) is 4.79 Å². The summed E-state index contributed by atoms with van der Waals surface area (Å²) in [4.78, 5) is 12.3. The van der Waals surface area contributed by atoms with Gasteiger partial charge in [-0.05, 0) is 30.7 Å². The van der Waals surface area contributed by atoms with E-state index in [0.717, 1.165) is 15.7 Å². The number of rotatable bonds is 6. The molecule has 3 aromatic rings. The summed E-state index contributed by atoms with van der Waals surface area (Å²) in [7, 11) is 1.90. The molecule has 0 unspecified atom stereocenters. The van der Waals surface area contributed by atoms with E-state index in [-0.39, 0.29) is 11.9 Å². The maximum absolute atomic E-state index is 12.3. The van der Waals surface area contributed by atoms with Crippen molar-refractivity contribution in [1.82, 2.24) is 20.1 Å². The highest BCUT2D eigenvalue weighted by molar-refractivity contribution is 7.98. The molecule has 0 aliphatic carbocycles. The highest BCUT2D eigenvalue weighted by atomic mass is 35.5. The van der Waals surface area contributed by atoms with Crippen LogP contribution in [-0.4, -0.2) is 20.7 Å². The average molecular weight is 387 g/mol. The second kappa shape index (κ2) is 8.38.